The van der Waals surface area contributed by atoms with Crippen molar-refractivity contribution in [2.75, 3.05) is 13.2 Å². The number of halogens is 1. The average Bonchev–Trinajstić information content (AvgIpc) is 2.73. The maximum atomic E-state index is 6.38. The summed E-state index contributed by atoms with van der Waals surface area (Å²) in [7, 11) is 0. The Kier molecular flexibility index (Phi) is 2.58. The Bertz CT molecular complexity index is 546. The van der Waals surface area contributed by atoms with Gasteiger partial charge in [-0.15, -0.1) is 0 Å². The molecule has 0 amide bonds. The number of ether oxygens (including phenoxy) is 1. The lowest BCUT2D eigenvalue weighted by Gasteiger charge is -2.31. The number of imidazole rings is 1. The summed E-state index contributed by atoms with van der Waals surface area (Å²) in [5, 5.41) is 0.700. The van der Waals surface area contributed by atoms with Gasteiger partial charge in [0.05, 0.1) is 16.6 Å². The highest BCUT2D eigenvalue weighted by Crippen LogP contribution is 2.29. The van der Waals surface area contributed by atoms with Gasteiger partial charge in [0, 0.05) is 18.2 Å². The Balaban J connectivity index is 2.05. The second-order valence-electron chi connectivity index (χ2n) is 4.52. The maximum Gasteiger partial charge on any atom is 0.127 e. The largest absolute Gasteiger partial charge is 0.381 e. The Hall–Kier alpha value is -1.10. The van der Waals surface area contributed by atoms with Crippen molar-refractivity contribution in [3.8, 4) is 0 Å². The number of hydrogen-bond donors (Lipinski definition) is 2. The van der Waals surface area contributed by atoms with Gasteiger partial charge in [-0.05, 0) is 31.0 Å². The molecule has 1 aromatic heterocycles. The maximum absolute atomic E-state index is 6.38. The van der Waals surface area contributed by atoms with Crippen molar-refractivity contribution in [2.45, 2.75) is 18.4 Å². The summed E-state index contributed by atoms with van der Waals surface area (Å²) in [5.74, 6) is 0.832. The van der Waals surface area contributed by atoms with E-state index in [2.05, 4.69) is 9.97 Å². The van der Waals surface area contributed by atoms with Crippen LogP contribution in [0.5, 0.6) is 0 Å². The average molecular weight is 252 g/mol. The van der Waals surface area contributed by atoms with E-state index in [-0.39, 0.29) is 0 Å². The van der Waals surface area contributed by atoms with E-state index in [0.717, 1.165) is 29.7 Å². The minimum Gasteiger partial charge on any atom is -0.381 e. The Morgan fingerprint density at radius 2 is 2.12 bits per heavy atom. The highest BCUT2D eigenvalue weighted by Gasteiger charge is 2.33. The van der Waals surface area contributed by atoms with Crippen LogP contribution in [0.15, 0.2) is 18.2 Å². The number of hydrogen-bond acceptors (Lipinski definition) is 3. The first-order valence-electron chi connectivity index (χ1n) is 5.70. The van der Waals surface area contributed by atoms with Gasteiger partial charge in [-0.25, -0.2) is 4.98 Å². The molecule has 5 heteroatoms. The van der Waals surface area contributed by atoms with Crippen LogP contribution in [0.3, 0.4) is 0 Å². The lowest BCUT2D eigenvalue weighted by atomic mass is 9.91. The van der Waals surface area contributed by atoms with Crippen molar-refractivity contribution >= 4 is 22.6 Å². The van der Waals surface area contributed by atoms with E-state index in [4.69, 9.17) is 22.1 Å². The number of nitrogens with zero attached hydrogens (tertiary/aromatic N) is 1. The molecule has 0 spiro atoms. The molecule has 3 N–H and O–H groups in total. The number of nitrogens with two attached hydrogens (primary N) is 1. The number of aromatic nitrogens is 2. The number of fused-ring (bicyclic) bond motifs is 1. The molecule has 0 radical (unpaired) electrons. The summed E-state index contributed by atoms with van der Waals surface area (Å²) >= 11 is 5.95. The van der Waals surface area contributed by atoms with Crippen molar-refractivity contribution in [3.05, 3.63) is 29.0 Å². The predicted octanol–water partition coefficient (Wildman–Crippen LogP) is 2.18. The number of rotatable bonds is 1. The molecular weight excluding hydrogens is 238 g/mol. The third-order valence-electron chi connectivity index (χ3n) is 3.30. The molecule has 1 fully saturated rings. The third-order valence-corrected chi connectivity index (χ3v) is 3.54. The second-order valence-corrected chi connectivity index (χ2v) is 4.95. The number of H-pyrrole nitrogens is 1. The second kappa shape index (κ2) is 3.98. The normalized spacial score (nSPS) is 19.6. The van der Waals surface area contributed by atoms with Gasteiger partial charge in [-0.3, -0.25) is 0 Å². The van der Waals surface area contributed by atoms with Gasteiger partial charge in [0.25, 0.3) is 0 Å². The minimum atomic E-state index is -0.399. The fraction of sp³-hybridized carbons (Fsp3) is 0.417. The Morgan fingerprint density at radius 1 is 1.35 bits per heavy atom. The molecule has 17 heavy (non-hydrogen) atoms. The smallest absolute Gasteiger partial charge is 0.127 e. The molecule has 4 nitrogen and oxygen atoms in total. The van der Waals surface area contributed by atoms with E-state index >= 15 is 0 Å². The van der Waals surface area contributed by atoms with Crippen molar-refractivity contribution in [2.24, 2.45) is 5.73 Å². The molecule has 1 saturated heterocycles. The van der Waals surface area contributed by atoms with Crippen LogP contribution in [0.1, 0.15) is 18.7 Å². The van der Waals surface area contributed by atoms with Gasteiger partial charge in [-0.1, -0.05) is 11.6 Å². The summed E-state index contributed by atoms with van der Waals surface area (Å²) in [6.45, 7) is 1.38. The number of aromatic amines is 1. The van der Waals surface area contributed by atoms with Crippen molar-refractivity contribution in [1.29, 1.82) is 0 Å². The van der Waals surface area contributed by atoms with Gasteiger partial charge >= 0.3 is 0 Å². The minimum absolute atomic E-state index is 0.399. The molecule has 0 atom stereocenters. The molecule has 1 aromatic carbocycles. The monoisotopic (exact) mass is 251 g/mol. The highest BCUT2D eigenvalue weighted by atomic mass is 35.5. The number of benzene rings is 1. The van der Waals surface area contributed by atoms with Crippen molar-refractivity contribution in [3.63, 3.8) is 0 Å². The fourth-order valence-corrected chi connectivity index (χ4v) is 2.36. The van der Waals surface area contributed by atoms with Crippen LogP contribution in [0.4, 0.5) is 0 Å². The summed E-state index contributed by atoms with van der Waals surface area (Å²) in [6.07, 6.45) is 1.58. The highest BCUT2D eigenvalue weighted by molar-refractivity contribution is 6.31. The van der Waals surface area contributed by atoms with Crippen LogP contribution in [-0.4, -0.2) is 23.2 Å². The molecule has 1 aliphatic rings. The van der Waals surface area contributed by atoms with E-state index < -0.39 is 5.54 Å². The topological polar surface area (TPSA) is 63.9 Å². The zero-order valence-corrected chi connectivity index (χ0v) is 10.1. The number of nitrogens with one attached hydrogen (secondary N) is 1. The molecular formula is C12H14ClN3O. The van der Waals surface area contributed by atoms with Crippen LogP contribution in [-0.2, 0) is 10.3 Å². The molecule has 3 rings (SSSR count). The van der Waals surface area contributed by atoms with Crippen molar-refractivity contribution < 1.29 is 4.74 Å². The van der Waals surface area contributed by atoms with Crippen LogP contribution >= 0.6 is 11.6 Å². The van der Waals surface area contributed by atoms with Gasteiger partial charge < -0.3 is 15.5 Å². The molecule has 0 saturated carbocycles. The van der Waals surface area contributed by atoms with E-state index in [1.807, 2.05) is 18.2 Å². The van der Waals surface area contributed by atoms with Crippen LogP contribution < -0.4 is 5.73 Å². The van der Waals surface area contributed by atoms with Crippen LogP contribution in [0.25, 0.3) is 11.0 Å². The molecule has 90 valence electrons. The summed E-state index contributed by atoms with van der Waals surface area (Å²) < 4.78 is 5.34. The van der Waals surface area contributed by atoms with Crippen LogP contribution in [0.2, 0.25) is 5.02 Å². The summed E-state index contributed by atoms with van der Waals surface area (Å²) in [4.78, 5) is 7.83. The van der Waals surface area contributed by atoms with Gasteiger partial charge in [0.15, 0.2) is 0 Å². The summed E-state index contributed by atoms with van der Waals surface area (Å²) in [6, 6.07) is 5.61. The first kappa shape index (κ1) is 11.0. The fourth-order valence-electron chi connectivity index (χ4n) is 2.19. The quantitative estimate of drug-likeness (QED) is 0.817. The Morgan fingerprint density at radius 3 is 2.88 bits per heavy atom. The van der Waals surface area contributed by atoms with E-state index in [9.17, 15) is 0 Å². The lowest BCUT2D eigenvalue weighted by Crippen LogP contribution is -2.43. The zero-order chi connectivity index (χ0) is 11.9. The molecule has 0 aliphatic carbocycles. The van der Waals surface area contributed by atoms with Crippen molar-refractivity contribution in [1.82, 2.24) is 9.97 Å². The molecule has 1 aliphatic heterocycles. The molecule has 0 bridgehead atoms. The first-order chi connectivity index (χ1) is 8.17. The van der Waals surface area contributed by atoms with Crippen LogP contribution in [0, 0.1) is 0 Å². The molecule has 2 heterocycles. The molecule has 2 aromatic rings. The van der Waals surface area contributed by atoms with Gasteiger partial charge in [0.1, 0.15) is 5.82 Å². The molecule has 0 unspecified atom stereocenters. The van der Waals surface area contributed by atoms with E-state index in [0.29, 0.717) is 18.2 Å². The first-order valence-corrected chi connectivity index (χ1v) is 6.08. The van der Waals surface area contributed by atoms with E-state index in [1.165, 1.54) is 0 Å². The summed E-state index contributed by atoms with van der Waals surface area (Å²) in [5.41, 5.74) is 7.81. The zero-order valence-electron chi connectivity index (χ0n) is 9.37. The van der Waals surface area contributed by atoms with Gasteiger partial charge in [0.2, 0.25) is 0 Å². The third kappa shape index (κ3) is 1.92. The Labute approximate surface area is 104 Å². The van der Waals surface area contributed by atoms with Gasteiger partial charge in [-0.2, -0.15) is 0 Å². The SMILES string of the molecule is NC1(c2nc3ccc(Cl)cc3[nH]2)CCOCC1. The lowest BCUT2D eigenvalue weighted by molar-refractivity contribution is 0.0496. The standard InChI is InChI=1S/C12H14ClN3O/c13-8-1-2-9-10(7-8)16-11(15-9)12(14)3-5-17-6-4-12/h1-2,7H,3-6,14H2,(H,15,16). The van der Waals surface area contributed by atoms with E-state index in [1.54, 1.807) is 0 Å². The predicted molar refractivity (Wildman–Crippen MR) is 67.0 cm³/mol.